The molecule has 0 saturated carbocycles. The summed E-state index contributed by atoms with van der Waals surface area (Å²) in [5.74, 6) is -3.65. The lowest BCUT2D eigenvalue weighted by atomic mass is 10.1. The number of unbranched alkanes of at least 4 members (excludes halogenated alkanes) is 1. The van der Waals surface area contributed by atoms with Crippen LogP contribution in [0.1, 0.15) is 38.5 Å². The summed E-state index contributed by atoms with van der Waals surface area (Å²) >= 11 is 0. The third-order valence-corrected chi connectivity index (χ3v) is 4.57. The molecule has 0 aromatic rings. The van der Waals surface area contributed by atoms with Crippen molar-refractivity contribution in [3.8, 4) is 0 Å². The summed E-state index contributed by atoms with van der Waals surface area (Å²) in [6, 6.07) is -2.94. The molecule has 1 fully saturated rings. The summed E-state index contributed by atoms with van der Waals surface area (Å²) in [4.78, 5) is 60.5. The monoisotopic (exact) mass is 414 g/mol. The summed E-state index contributed by atoms with van der Waals surface area (Å²) in [5.41, 5.74) is 16.2. The van der Waals surface area contributed by atoms with Crippen LogP contribution in [-0.2, 0) is 24.0 Å². The highest BCUT2D eigenvalue weighted by Gasteiger charge is 2.37. The first kappa shape index (κ1) is 24.3. The Morgan fingerprint density at radius 1 is 1.17 bits per heavy atom. The highest BCUT2D eigenvalue weighted by atomic mass is 16.4. The van der Waals surface area contributed by atoms with Gasteiger partial charge in [-0.1, -0.05) is 0 Å². The average Bonchev–Trinajstić information content (AvgIpc) is 3.14. The van der Waals surface area contributed by atoms with E-state index in [9.17, 15) is 24.0 Å². The highest BCUT2D eigenvalue weighted by molar-refractivity contribution is 5.95. The fourth-order valence-electron chi connectivity index (χ4n) is 3.12. The van der Waals surface area contributed by atoms with Crippen molar-refractivity contribution in [1.29, 1.82) is 0 Å². The van der Waals surface area contributed by atoms with Crippen LogP contribution in [0.3, 0.4) is 0 Å². The Hall–Kier alpha value is -2.73. The van der Waals surface area contributed by atoms with Crippen molar-refractivity contribution in [3.63, 3.8) is 0 Å². The molecule has 0 aliphatic carbocycles. The van der Waals surface area contributed by atoms with Crippen molar-refractivity contribution in [2.75, 3.05) is 19.6 Å². The van der Waals surface area contributed by atoms with Gasteiger partial charge in [-0.15, -0.1) is 0 Å². The Morgan fingerprint density at radius 3 is 2.45 bits per heavy atom. The lowest BCUT2D eigenvalue weighted by Crippen LogP contribution is -2.56. The predicted octanol–water partition coefficient (Wildman–Crippen LogP) is -3.01. The summed E-state index contributed by atoms with van der Waals surface area (Å²) < 4.78 is 0. The van der Waals surface area contributed by atoms with Crippen LogP contribution in [0.4, 0.5) is 0 Å². The first-order valence-corrected chi connectivity index (χ1v) is 9.51. The van der Waals surface area contributed by atoms with Crippen molar-refractivity contribution in [3.05, 3.63) is 0 Å². The van der Waals surface area contributed by atoms with Gasteiger partial charge in [-0.05, 0) is 38.6 Å². The summed E-state index contributed by atoms with van der Waals surface area (Å²) in [7, 11) is 0. The van der Waals surface area contributed by atoms with Gasteiger partial charge in [0.2, 0.25) is 23.6 Å². The highest BCUT2D eigenvalue weighted by Crippen LogP contribution is 2.20. The molecule has 0 radical (unpaired) electrons. The number of carbonyl (C=O) groups is 5. The van der Waals surface area contributed by atoms with E-state index in [1.165, 1.54) is 4.90 Å². The molecule has 12 heteroatoms. The lowest BCUT2D eigenvalue weighted by molar-refractivity contribution is -0.143. The molecule has 9 N–H and O–H groups in total. The van der Waals surface area contributed by atoms with Gasteiger partial charge in [-0.25, -0.2) is 0 Å². The molecule has 3 atom stereocenters. The number of likely N-dealkylation sites (tertiary alicyclic amines) is 1. The largest absolute Gasteiger partial charge is 0.480 e. The van der Waals surface area contributed by atoms with Crippen molar-refractivity contribution in [1.82, 2.24) is 15.5 Å². The van der Waals surface area contributed by atoms with E-state index in [0.717, 1.165) is 0 Å². The molecule has 164 valence electrons. The van der Waals surface area contributed by atoms with E-state index < -0.39 is 54.3 Å². The molecule has 1 aliphatic rings. The number of primary amides is 1. The van der Waals surface area contributed by atoms with Crippen molar-refractivity contribution < 1.29 is 29.1 Å². The SMILES string of the molecule is NCCCCC(NC(=O)C(N)CC(N)=O)C(=O)N1CCCC1C(=O)NCC(=O)O. The van der Waals surface area contributed by atoms with E-state index in [1.54, 1.807) is 0 Å². The third kappa shape index (κ3) is 8.03. The molecule has 3 unspecified atom stereocenters. The number of carboxylic acid groups (broad SMARTS) is 1. The smallest absolute Gasteiger partial charge is 0.322 e. The van der Waals surface area contributed by atoms with E-state index in [0.29, 0.717) is 38.8 Å². The molecular weight excluding hydrogens is 384 g/mol. The quantitative estimate of drug-likeness (QED) is 0.181. The Labute approximate surface area is 168 Å². The molecule has 0 aromatic heterocycles. The lowest BCUT2D eigenvalue weighted by Gasteiger charge is -2.29. The van der Waals surface area contributed by atoms with Crippen LogP contribution in [0.5, 0.6) is 0 Å². The molecule has 0 aromatic carbocycles. The molecule has 0 bridgehead atoms. The third-order valence-electron chi connectivity index (χ3n) is 4.57. The fourth-order valence-corrected chi connectivity index (χ4v) is 3.12. The number of nitrogens with zero attached hydrogens (tertiary/aromatic N) is 1. The second-order valence-electron chi connectivity index (χ2n) is 6.92. The second-order valence-corrected chi connectivity index (χ2v) is 6.92. The predicted molar refractivity (Wildman–Crippen MR) is 102 cm³/mol. The fraction of sp³-hybridized carbons (Fsp3) is 0.706. The Morgan fingerprint density at radius 2 is 1.86 bits per heavy atom. The standard InChI is InChI=1S/C17H30N6O6/c18-6-2-1-4-11(22-15(27)10(19)8-13(20)24)17(29)23-7-3-5-12(23)16(28)21-9-14(25)26/h10-12H,1-9,18-19H2,(H2,20,24)(H,21,28)(H,22,27)(H,25,26). The first-order valence-electron chi connectivity index (χ1n) is 9.51. The number of nitrogens with two attached hydrogens (primary N) is 3. The number of aliphatic carboxylic acids is 1. The summed E-state index contributed by atoms with van der Waals surface area (Å²) in [5, 5.41) is 13.5. The summed E-state index contributed by atoms with van der Waals surface area (Å²) in [6.45, 7) is 0.177. The zero-order valence-corrected chi connectivity index (χ0v) is 16.3. The number of amides is 4. The summed E-state index contributed by atoms with van der Waals surface area (Å²) in [6.07, 6.45) is 2.07. The molecule has 1 rings (SSSR count). The van der Waals surface area contributed by atoms with Gasteiger partial charge in [0.05, 0.1) is 12.5 Å². The maximum Gasteiger partial charge on any atom is 0.322 e. The maximum atomic E-state index is 13.0. The van der Waals surface area contributed by atoms with Gasteiger partial charge < -0.3 is 37.8 Å². The van der Waals surface area contributed by atoms with Gasteiger partial charge in [-0.2, -0.15) is 0 Å². The minimum atomic E-state index is -1.19. The molecule has 1 aliphatic heterocycles. The molecule has 0 spiro atoms. The number of hydrogen-bond acceptors (Lipinski definition) is 7. The number of hydrogen-bond donors (Lipinski definition) is 6. The van der Waals surface area contributed by atoms with Crippen LogP contribution < -0.4 is 27.8 Å². The van der Waals surface area contributed by atoms with Gasteiger partial charge in [0.1, 0.15) is 18.6 Å². The van der Waals surface area contributed by atoms with Gasteiger partial charge in [-0.3, -0.25) is 24.0 Å². The topological polar surface area (TPSA) is 211 Å². The zero-order chi connectivity index (χ0) is 22.0. The van der Waals surface area contributed by atoms with Crippen LogP contribution in [0, 0.1) is 0 Å². The van der Waals surface area contributed by atoms with E-state index in [4.69, 9.17) is 22.3 Å². The van der Waals surface area contributed by atoms with Gasteiger partial charge in [0, 0.05) is 6.54 Å². The van der Waals surface area contributed by atoms with Crippen LogP contribution in [0.2, 0.25) is 0 Å². The minimum absolute atomic E-state index is 0.283. The van der Waals surface area contributed by atoms with Crippen molar-refractivity contribution in [2.24, 2.45) is 17.2 Å². The first-order chi connectivity index (χ1) is 13.7. The van der Waals surface area contributed by atoms with E-state index >= 15 is 0 Å². The average molecular weight is 414 g/mol. The second kappa shape index (κ2) is 12.0. The van der Waals surface area contributed by atoms with Gasteiger partial charge >= 0.3 is 5.97 Å². The number of carboxylic acids is 1. The maximum absolute atomic E-state index is 13.0. The van der Waals surface area contributed by atoms with Crippen LogP contribution in [0.15, 0.2) is 0 Å². The molecule has 1 saturated heterocycles. The van der Waals surface area contributed by atoms with E-state index in [2.05, 4.69) is 10.6 Å². The van der Waals surface area contributed by atoms with E-state index in [1.807, 2.05) is 0 Å². The van der Waals surface area contributed by atoms with Crippen molar-refractivity contribution in [2.45, 2.75) is 56.7 Å². The van der Waals surface area contributed by atoms with Crippen LogP contribution in [0.25, 0.3) is 0 Å². The van der Waals surface area contributed by atoms with Crippen LogP contribution in [-0.4, -0.2) is 77.4 Å². The molecule has 29 heavy (non-hydrogen) atoms. The molecule has 12 nitrogen and oxygen atoms in total. The van der Waals surface area contributed by atoms with E-state index in [-0.39, 0.29) is 12.8 Å². The van der Waals surface area contributed by atoms with Crippen molar-refractivity contribution >= 4 is 29.6 Å². The number of nitrogens with one attached hydrogen (secondary N) is 2. The zero-order valence-electron chi connectivity index (χ0n) is 16.3. The Balaban J connectivity index is 2.85. The molecule has 4 amide bonds. The Kier molecular flexibility index (Phi) is 10.0. The molecule has 1 heterocycles. The normalized spacial score (nSPS) is 18.0. The van der Waals surface area contributed by atoms with Gasteiger partial charge in [0.25, 0.3) is 0 Å². The molecular formula is C17H30N6O6. The minimum Gasteiger partial charge on any atom is -0.480 e. The van der Waals surface area contributed by atoms with Crippen LogP contribution >= 0.6 is 0 Å². The van der Waals surface area contributed by atoms with Gasteiger partial charge in [0.15, 0.2) is 0 Å². The number of carbonyl (C=O) groups excluding carboxylic acids is 4. The Bertz CT molecular complexity index is 628. The number of rotatable bonds is 12.